The fourth-order valence-electron chi connectivity index (χ4n) is 6.80. The van der Waals surface area contributed by atoms with Gasteiger partial charge in [0.05, 0.1) is 39.1 Å². The molecule has 13 nitrogen and oxygen atoms in total. The molecular formula is C42H28N4O9. The summed E-state index contributed by atoms with van der Waals surface area (Å²) < 4.78 is 6.61. The highest BCUT2D eigenvalue weighted by Crippen LogP contribution is 2.45. The maximum Gasteiger partial charge on any atom is 0.354 e. The maximum absolute atomic E-state index is 13.7. The van der Waals surface area contributed by atoms with Crippen LogP contribution in [0.15, 0.2) is 118 Å². The van der Waals surface area contributed by atoms with Gasteiger partial charge in [-0.05, 0) is 60.2 Å². The first-order valence-corrected chi connectivity index (χ1v) is 16.9. The van der Waals surface area contributed by atoms with Gasteiger partial charge in [-0.15, -0.1) is 0 Å². The van der Waals surface area contributed by atoms with Gasteiger partial charge in [0, 0.05) is 40.4 Å². The van der Waals surface area contributed by atoms with Crippen molar-refractivity contribution in [3.05, 3.63) is 147 Å². The molecular weight excluding hydrogens is 704 g/mol. The molecule has 0 saturated heterocycles. The highest BCUT2D eigenvalue weighted by molar-refractivity contribution is 6.08. The largest absolute Gasteiger partial charge is 0.507 e. The number of phenolic OH excluding ortho intramolecular Hbond substituents is 1. The Bertz CT molecular complexity index is 2920. The minimum atomic E-state index is -1.19. The normalized spacial score (nSPS) is 11.3. The van der Waals surface area contributed by atoms with Crippen LogP contribution in [0.5, 0.6) is 5.75 Å². The molecule has 270 valence electrons. The summed E-state index contributed by atoms with van der Waals surface area (Å²) in [6.07, 6.45) is 0. The fourth-order valence-corrected chi connectivity index (χ4v) is 6.80. The van der Waals surface area contributed by atoms with Crippen molar-refractivity contribution in [2.45, 2.75) is 13.1 Å². The fraction of sp³-hybridized carbons (Fsp3) is 0.0476. The van der Waals surface area contributed by atoms with Gasteiger partial charge in [-0.1, -0.05) is 54.6 Å². The summed E-state index contributed by atoms with van der Waals surface area (Å²) in [4.78, 5) is 58.3. The average Bonchev–Trinajstić information content (AvgIpc) is 3.18. The first kappa shape index (κ1) is 34.3. The van der Waals surface area contributed by atoms with Crippen molar-refractivity contribution in [3.8, 4) is 28.2 Å². The van der Waals surface area contributed by atoms with Crippen LogP contribution in [-0.2, 0) is 13.1 Å². The molecule has 6 N–H and O–H groups in total. The van der Waals surface area contributed by atoms with Crippen LogP contribution >= 0.6 is 0 Å². The van der Waals surface area contributed by atoms with Gasteiger partial charge in [-0.25, -0.2) is 24.4 Å². The van der Waals surface area contributed by atoms with Crippen molar-refractivity contribution in [2.24, 2.45) is 0 Å². The highest BCUT2D eigenvalue weighted by Gasteiger charge is 2.26. The van der Waals surface area contributed by atoms with Gasteiger partial charge < -0.3 is 35.5 Å². The van der Waals surface area contributed by atoms with Crippen LogP contribution < -0.4 is 16.1 Å². The number of nitrogens with zero attached hydrogens (tertiary/aromatic N) is 2. The predicted octanol–water partition coefficient (Wildman–Crippen LogP) is 7.69. The summed E-state index contributed by atoms with van der Waals surface area (Å²) in [6.45, 7) is -0.141. The van der Waals surface area contributed by atoms with E-state index in [2.05, 4.69) is 20.6 Å². The van der Waals surface area contributed by atoms with Gasteiger partial charge in [0.1, 0.15) is 28.5 Å². The number of carboxylic acid groups (broad SMARTS) is 3. The number of pyridine rings is 2. The smallest absolute Gasteiger partial charge is 0.354 e. The van der Waals surface area contributed by atoms with Gasteiger partial charge in [0.25, 0.3) is 0 Å². The number of hydrogen-bond donors (Lipinski definition) is 6. The van der Waals surface area contributed by atoms with Crippen LogP contribution in [0.3, 0.4) is 0 Å². The summed E-state index contributed by atoms with van der Waals surface area (Å²) in [7, 11) is 0. The van der Waals surface area contributed by atoms with E-state index in [-0.39, 0.29) is 58.3 Å². The molecule has 1 aliphatic carbocycles. The number of aromatic nitrogens is 2. The van der Waals surface area contributed by atoms with Crippen LogP contribution in [0, 0.1) is 0 Å². The number of para-hydroxylation sites is 2. The lowest BCUT2D eigenvalue weighted by atomic mass is 9.88. The van der Waals surface area contributed by atoms with Crippen molar-refractivity contribution >= 4 is 62.1 Å². The van der Waals surface area contributed by atoms with Gasteiger partial charge in [-0.3, -0.25) is 4.79 Å². The molecule has 2 aromatic heterocycles. The van der Waals surface area contributed by atoms with Crippen molar-refractivity contribution < 1.29 is 39.2 Å². The molecule has 0 radical (unpaired) electrons. The van der Waals surface area contributed by atoms with E-state index in [1.54, 1.807) is 78.9 Å². The Kier molecular flexibility index (Phi) is 8.50. The number of phenols is 1. The molecule has 13 heteroatoms. The third-order valence-corrected chi connectivity index (χ3v) is 9.41. The molecule has 1 aliphatic heterocycles. The molecule has 55 heavy (non-hydrogen) atoms. The minimum Gasteiger partial charge on any atom is -0.507 e. The molecule has 0 fully saturated rings. The first-order valence-electron chi connectivity index (χ1n) is 16.9. The topological polar surface area (TPSA) is 212 Å². The van der Waals surface area contributed by atoms with Gasteiger partial charge >= 0.3 is 17.9 Å². The van der Waals surface area contributed by atoms with Crippen LogP contribution in [0.1, 0.15) is 42.5 Å². The number of carbonyl (C=O) groups is 3. The zero-order valence-corrected chi connectivity index (χ0v) is 28.5. The lowest BCUT2D eigenvalue weighted by Crippen LogP contribution is -2.15. The maximum atomic E-state index is 13.7. The zero-order chi connectivity index (χ0) is 38.4. The molecule has 0 unspecified atom stereocenters. The number of aromatic carboxylic acids is 3. The van der Waals surface area contributed by atoms with Crippen LogP contribution in [0.25, 0.3) is 55.2 Å². The molecule has 2 aliphatic rings. The lowest BCUT2D eigenvalue weighted by Gasteiger charge is -2.21. The second kappa shape index (κ2) is 13.6. The third kappa shape index (κ3) is 6.14. The van der Waals surface area contributed by atoms with E-state index in [1.807, 2.05) is 0 Å². The van der Waals surface area contributed by atoms with Crippen molar-refractivity contribution in [2.75, 3.05) is 10.6 Å². The molecule has 0 atom stereocenters. The van der Waals surface area contributed by atoms with Crippen LogP contribution in [0.4, 0.5) is 11.4 Å². The Labute approximate surface area is 310 Å². The quantitative estimate of drug-likeness (QED) is 0.0746. The van der Waals surface area contributed by atoms with E-state index in [1.165, 1.54) is 30.3 Å². The third-order valence-electron chi connectivity index (χ3n) is 9.41. The summed E-state index contributed by atoms with van der Waals surface area (Å²) in [6, 6.07) is 29.1. The standard InChI is InChI=1S/C42H28N4O9/c47-33-17-13-25-35(23-7-1-2-8-24(23)40(49)50)26-14-18-34(48)28(20-44-30-10-4-6-22-12-16-32(42(53)54)46-37(22)30)39(26)55-38(25)27(33)19-43-29-9-3-5-21-11-15-31(41(51)52)45-36(21)29/h1-18,43-44,47H,19-20H2,(H,49,50)(H,51,52)(H,53,54). The van der Waals surface area contributed by atoms with E-state index >= 15 is 0 Å². The minimum absolute atomic E-state index is 0.00190. The summed E-state index contributed by atoms with van der Waals surface area (Å²) in [5.74, 6) is -3.58. The molecule has 4 aromatic carbocycles. The number of hydrogen-bond acceptors (Lipinski definition) is 10. The van der Waals surface area contributed by atoms with Crippen LogP contribution in [-0.4, -0.2) is 48.3 Å². The summed E-state index contributed by atoms with van der Waals surface area (Å²) >= 11 is 0. The summed E-state index contributed by atoms with van der Waals surface area (Å²) in [5, 5.41) is 49.0. The van der Waals surface area contributed by atoms with Gasteiger partial charge in [0.2, 0.25) is 0 Å². The molecule has 0 amide bonds. The Morgan fingerprint density at radius 1 is 0.600 bits per heavy atom. The molecule has 6 aromatic rings. The predicted molar refractivity (Wildman–Crippen MR) is 205 cm³/mol. The van der Waals surface area contributed by atoms with Gasteiger partial charge in [-0.2, -0.15) is 0 Å². The first-order chi connectivity index (χ1) is 26.6. The number of fused-ring (bicyclic) bond motifs is 4. The van der Waals surface area contributed by atoms with E-state index < -0.39 is 23.3 Å². The van der Waals surface area contributed by atoms with E-state index in [4.69, 9.17) is 4.42 Å². The zero-order valence-electron chi connectivity index (χ0n) is 28.5. The van der Waals surface area contributed by atoms with E-state index in [0.717, 1.165) is 0 Å². The second-order valence-corrected chi connectivity index (χ2v) is 12.7. The second-order valence-electron chi connectivity index (χ2n) is 12.7. The summed E-state index contributed by atoms with van der Waals surface area (Å²) in [5.41, 5.74) is 2.89. The number of aromatic hydroxyl groups is 1. The SMILES string of the molecule is O=C(O)c1ccc2cccc(NCc3c4oc5c(CNc6cccc7ccc(C(=O)O)nc67)c(O)ccc5c(-c5ccccc5C(=O)O)c-4ccc3=O)c2n1. The van der Waals surface area contributed by atoms with Crippen molar-refractivity contribution in [1.82, 2.24) is 9.97 Å². The van der Waals surface area contributed by atoms with Crippen molar-refractivity contribution in [3.63, 3.8) is 0 Å². The number of carboxylic acids is 3. The molecule has 3 heterocycles. The number of rotatable bonds is 10. The molecule has 0 saturated carbocycles. The Hall–Kier alpha value is -7.80. The Morgan fingerprint density at radius 2 is 1.20 bits per heavy atom. The highest BCUT2D eigenvalue weighted by atomic mass is 16.4. The van der Waals surface area contributed by atoms with Gasteiger partial charge in [0.15, 0.2) is 5.43 Å². The van der Waals surface area contributed by atoms with Crippen molar-refractivity contribution in [1.29, 1.82) is 0 Å². The lowest BCUT2D eigenvalue weighted by molar-refractivity contribution is 0.0680. The van der Waals surface area contributed by atoms with E-state index in [9.17, 15) is 39.6 Å². The molecule has 0 spiro atoms. The number of nitrogens with one attached hydrogen (secondary N) is 2. The van der Waals surface area contributed by atoms with Crippen LogP contribution in [0.2, 0.25) is 0 Å². The average molecular weight is 733 g/mol. The number of benzene rings is 5. The Morgan fingerprint density at radius 3 is 1.80 bits per heavy atom. The monoisotopic (exact) mass is 732 g/mol. The van der Waals surface area contributed by atoms with E-state index in [0.29, 0.717) is 55.3 Å². The molecule has 0 bridgehead atoms. The Balaban J connectivity index is 1.31. The number of anilines is 2. The molecule has 8 rings (SSSR count).